The quantitative estimate of drug-likeness (QED) is 0.375. The van der Waals surface area contributed by atoms with E-state index >= 15 is 0 Å². The molecule has 2 aromatic rings. The molecule has 0 saturated carbocycles. The third-order valence-corrected chi connectivity index (χ3v) is 5.45. The summed E-state index contributed by atoms with van der Waals surface area (Å²) in [5, 5.41) is 7.48. The van der Waals surface area contributed by atoms with Crippen LogP contribution in [-0.2, 0) is 13.1 Å². The molecule has 2 aromatic heterocycles. The van der Waals surface area contributed by atoms with Crippen LogP contribution in [-0.4, -0.2) is 72.2 Å². The van der Waals surface area contributed by atoms with Gasteiger partial charge < -0.3 is 19.6 Å². The molecule has 158 valence electrons. The average molecular weight is 511 g/mol. The molecule has 0 aromatic carbocycles. The minimum absolute atomic E-state index is 0. The van der Waals surface area contributed by atoms with Gasteiger partial charge in [-0.2, -0.15) is 0 Å². The number of rotatable bonds is 5. The Hall–Kier alpha value is -1.88. The smallest absolute Gasteiger partial charge is 0.194 e. The topological polar surface area (TPSA) is 73.0 Å². The molecular formula is C20H30IN7O. The second-order valence-corrected chi connectivity index (χ2v) is 7.37. The average Bonchev–Trinajstić information content (AvgIpc) is 3.44. The zero-order valence-electron chi connectivity index (χ0n) is 17.0. The Morgan fingerprint density at radius 2 is 1.90 bits per heavy atom. The van der Waals surface area contributed by atoms with E-state index in [0.717, 1.165) is 69.8 Å². The highest BCUT2D eigenvalue weighted by atomic mass is 127. The van der Waals surface area contributed by atoms with Crippen LogP contribution in [0.2, 0.25) is 0 Å². The first-order chi connectivity index (χ1) is 13.8. The summed E-state index contributed by atoms with van der Waals surface area (Å²) < 4.78 is 4.92. The Kier molecular flexibility index (Phi) is 8.10. The van der Waals surface area contributed by atoms with E-state index in [1.807, 2.05) is 19.3 Å². The summed E-state index contributed by atoms with van der Waals surface area (Å²) in [4.78, 5) is 16.2. The first kappa shape index (κ1) is 21.8. The number of hydrogen-bond acceptors (Lipinski definition) is 6. The standard InChI is InChI=1S/C20H29N7O.HI/c1-21-20(27-11-9-25(10-12-27)16-18-6-13-28-24-18)23-15-17-4-5-19(22-14-17)26-7-2-3-8-26;/h4-6,13-14H,2-3,7-12,15-16H2,1H3,(H,21,23);1H. The molecular weight excluding hydrogens is 481 g/mol. The van der Waals surface area contributed by atoms with Gasteiger partial charge in [0.25, 0.3) is 0 Å². The molecule has 2 saturated heterocycles. The van der Waals surface area contributed by atoms with Gasteiger partial charge in [0, 0.05) is 71.7 Å². The van der Waals surface area contributed by atoms with Crippen molar-refractivity contribution in [1.82, 2.24) is 25.3 Å². The van der Waals surface area contributed by atoms with E-state index in [-0.39, 0.29) is 24.0 Å². The fourth-order valence-electron chi connectivity index (χ4n) is 3.83. The van der Waals surface area contributed by atoms with E-state index in [1.54, 1.807) is 6.26 Å². The fourth-order valence-corrected chi connectivity index (χ4v) is 3.83. The van der Waals surface area contributed by atoms with Crippen molar-refractivity contribution in [3.63, 3.8) is 0 Å². The maximum atomic E-state index is 4.92. The van der Waals surface area contributed by atoms with E-state index < -0.39 is 0 Å². The maximum Gasteiger partial charge on any atom is 0.194 e. The van der Waals surface area contributed by atoms with Crippen LogP contribution >= 0.6 is 24.0 Å². The van der Waals surface area contributed by atoms with Gasteiger partial charge in [-0.1, -0.05) is 11.2 Å². The third kappa shape index (κ3) is 5.81. The fraction of sp³-hybridized carbons (Fsp3) is 0.550. The van der Waals surface area contributed by atoms with Gasteiger partial charge >= 0.3 is 0 Å². The number of nitrogens with zero attached hydrogens (tertiary/aromatic N) is 6. The van der Waals surface area contributed by atoms with Crippen LogP contribution in [0.15, 0.2) is 40.2 Å². The normalized spacial score (nSPS) is 18.0. The second kappa shape index (κ2) is 10.8. The number of hydrogen-bond donors (Lipinski definition) is 1. The molecule has 0 unspecified atom stereocenters. The van der Waals surface area contributed by atoms with Gasteiger partial charge in [-0.3, -0.25) is 9.89 Å². The minimum Gasteiger partial charge on any atom is -0.364 e. The van der Waals surface area contributed by atoms with Crippen molar-refractivity contribution < 1.29 is 4.52 Å². The van der Waals surface area contributed by atoms with E-state index in [0.29, 0.717) is 0 Å². The van der Waals surface area contributed by atoms with Crippen LogP contribution in [0.1, 0.15) is 24.1 Å². The lowest BCUT2D eigenvalue weighted by atomic mass is 10.2. The van der Waals surface area contributed by atoms with Crippen molar-refractivity contribution in [3.8, 4) is 0 Å². The highest BCUT2D eigenvalue weighted by Gasteiger charge is 2.20. The lowest BCUT2D eigenvalue weighted by Gasteiger charge is -2.36. The second-order valence-electron chi connectivity index (χ2n) is 7.37. The zero-order valence-corrected chi connectivity index (χ0v) is 19.3. The highest BCUT2D eigenvalue weighted by molar-refractivity contribution is 14.0. The van der Waals surface area contributed by atoms with Gasteiger partial charge in [0.2, 0.25) is 0 Å². The molecule has 2 fully saturated rings. The van der Waals surface area contributed by atoms with Crippen molar-refractivity contribution in [2.45, 2.75) is 25.9 Å². The van der Waals surface area contributed by atoms with Crippen LogP contribution in [0.3, 0.4) is 0 Å². The molecule has 0 bridgehead atoms. The Labute approximate surface area is 189 Å². The third-order valence-electron chi connectivity index (χ3n) is 5.45. The zero-order chi connectivity index (χ0) is 19.2. The number of aromatic nitrogens is 2. The Bertz CT molecular complexity index is 752. The van der Waals surface area contributed by atoms with Gasteiger partial charge in [0.15, 0.2) is 5.96 Å². The number of guanidine groups is 1. The predicted octanol–water partition coefficient (Wildman–Crippen LogP) is 2.18. The maximum absolute atomic E-state index is 4.92. The van der Waals surface area contributed by atoms with Crippen LogP contribution in [0.5, 0.6) is 0 Å². The van der Waals surface area contributed by atoms with Gasteiger partial charge in [0.1, 0.15) is 12.1 Å². The molecule has 8 nitrogen and oxygen atoms in total. The molecule has 0 spiro atoms. The number of halogens is 1. The number of nitrogens with one attached hydrogen (secondary N) is 1. The first-order valence-corrected chi connectivity index (χ1v) is 10.1. The van der Waals surface area contributed by atoms with Gasteiger partial charge in [0.05, 0.1) is 5.69 Å². The molecule has 2 aliphatic rings. The molecule has 0 aliphatic carbocycles. The molecule has 0 atom stereocenters. The van der Waals surface area contributed by atoms with E-state index in [2.05, 4.69) is 47.3 Å². The summed E-state index contributed by atoms with van der Waals surface area (Å²) in [7, 11) is 1.85. The van der Waals surface area contributed by atoms with E-state index in [9.17, 15) is 0 Å². The van der Waals surface area contributed by atoms with Crippen molar-refractivity contribution in [2.24, 2.45) is 4.99 Å². The summed E-state index contributed by atoms with van der Waals surface area (Å²) in [5.74, 6) is 2.04. The summed E-state index contributed by atoms with van der Waals surface area (Å²) in [5.41, 5.74) is 2.16. The van der Waals surface area contributed by atoms with Crippen LogP contribution in [0.4, 0.5) is 5.82 Å². The summed E-state index contributed by atoms with van der Waals surface area (Å²) >= 11 is 0. The number of pyridine rings is 1. The van der Waals surface area contributed by atoms with Crippen molar-refractivity contribution in [2.75, 3.05) is 51.2 Å². The number of anilines is 1. The summed E-state index contributed by atoms with van der Waals surface area (Å²) in [6.07, 6.45) is 6.15. The number of aliphatic imine (C=N–C) groups is 1. The summed E-state index contributed by atoms with van der Waals surface area (Å²) in [6.45, 7) is 7.69. The van der Waals surface area contributed by atoms with E-state index in [4.69, 9.17) is 4.52 Å². The largest absolute Gasteiger partial charge is 0.364 e. The molecule has 0 amide bonds. The minimum atomic E-state index is 0. The SMILES string of the molecule is CN=C(NCc1ccc(N2CCCC2)nc1)N1CCN(Cc2ccon2)CC1.I. The molecule has 0 radical (unpaired) electrons. The van der Waals surface area contributed by atoms with Gasteiger partial charge in [-0.05, 0) is 24.5 Å². The van der Waals surface area contributed by atoms with Gasteiger partial charge in [-0.25, -0.2) is 4.98 Å². The molecule has 2 aliphatic heterocycles. The van der Waals surface area contributed by atoms with Crippen LogP contribution < -0.4 is 10.2 Å². The first-order valence-electron chi connectivity index (χ1n) is 10.1. The summed E-state index contributed by atoms with van der Waals surface area (Å²) in [6, 6.07) is 6.22. The lowest BCUT2D eigenvalue weighted by Crippen LogP contribution is -2.52. The molecule has 4 heterocycles. The molecule has 29 heavy (non-hydrogen) atoms. The van der Waals surface area contributed by atoms with Crippen molar-refractivity contribution >= 4 is 35.8 Å². The molecule has 1 N–H and O–H groups in total. The van der Waals surface area contributed by atoms with Crippen molar-refractivity contribution in [1.29, 1.82) is 0 Å². The lowest BCUT2D eigenvalue weighted by molar-refractivity contribution is 0.169. The Morgan fingerprint density at radius 1 is 1.10 bits per heavy atom. The molecule has 4 rings (SSSR count). The van der Waals surface area contributed by atoms with Crippen molar-refractivity contribution in [3.05, 3.63) is 41.9 Å². The van der Waals surface area contributed by atoms with Crippen LogP contribution in [0.25, 0.3) is 0 Å². The van der Waals surface area contributed by atoms with Crippen LogP contribution in [0, 0.1) is 0 Å². The highest BCUT2D eigenvalue weighted by Crippen LogP contribution is 2.17. The Morgan fingerprint density at radius 3 is 2.52 bits per heavy atom. The predicted molar refractivity (Wildman–Crippen MR) is 125 cm³/mol. The van der Waals surface area contributed by atoms with Gasteiger partial charge in [-0.15, -0.1) is 24.0 Å². The Balaban J connectivity index is 0.00000240. The van der Waals surface area contributed by atoms with E-state index in [1.165, 1.54) is 18.4 Å². The monoisotopic (exact) mass is 511 g/mol. The number of piperazine rings is 1. The molecule has 9 heteroatoms.